The van der Waals surface area contributed by atoms with Crippen molar-refractivity contribution in [1.29, 1.82) is 0 Å². The van der Waals surface area contributed by atoms with Crippen LogP contribution in [0.15, 0.2) is 0 Å². The van der Waals surface area contributed by atoms with Gasteiger partial charge in [-0.05, 0) is 20.8 Å². The van der Waals surface area contributed by atoms with Crippen LogP contribution in [-0.2, 0) is 28.7 Å². The first-order valence-electron chi connectivity index (χ1n) is 8.03. The Kier molecular flexibility index (Phi) is 11.1. The number of primary amides is 2. The summed E-state index contributed by atoms with van der Waals surface area (Å²) in [6.07, 6.45) is 0. The van der Waals surface area contributed by atoms with Crippen LogP contribution in [0, 0.1) is 0 Å². The topological polar surface area (TPSA) is 145 Å². The summed E-state index contributed by atoms with van der Waals surface area (Å²) in [5, 5.41) is 0. The highest BCUT2D eigenvalue weighted by molar-refractivity contribution is 5.78. The molecule has 0 rings (SSSR count). The highest BCUT2D eigenvalue weighted by atomic mass is 16.5. The second kappa shape index (κ2) is 12.2. The van der Waals surface area contributed by atoms with Gasteiger partial charge in [0.25, 0.3) is 0 Å². The number of hydrogen-bond donors (Lipinski definition) is 2. The van der Waals surface area contributed by atoms with Crippen molar-refractivity contribution in [3.8, 4) is 0 Å². The average molecular weight is 360 g/mol. The number of ether oxygens (including phenoxy) is 2. The molecule has 0 spiro atoms. The van der Waals surface area contributed by atoms with Crippen molar-refractivity contribution < 1.29 is 28.7 Å². The Bertz CT molecular complexity index is 471. The molecular formula is C15H28N4O6. The molecule has 1 atom stereocenters. The Hall–Kier alpha value is -2.20. The van der Waals surface area contributed by atoms with E-state index in [-0.39, 0.29) is 52.0 Å². The Morgan fingerprint density at radius 2 is 1.32 bits per heavy atom. The van der Waals surface area contributed by atoms with E-state index in [1.807, 2.05) is 0 Å². The lowest BCUT2D eigenvalue weighted by Crippen LogP contribution is -2.50. The van der Waals surface area contributed by atoms with Gasteiger partial charge in [-0.1, -0.05) is 0 Å². The first-order chi connectivity index (χ1) is 11.7. The van der Waals surface area contributed by atoms with E-state index in [9.17, 15) is 19.2 Å². The average Bonchev–Trinajstić information content (AvgIpc) is 2.45. The maximum absolute atomic E-state index is 11.7. The summed E-state index contributed by atoms with van der Waals surface area (Å²) in [5.74, 6) is -2.21. The molecule has 0 radical (unpaired) electrons. The van der Waals surface area contributed by atoms with Gasteiger partial charge >= 0.3 is 11.9 Å². The molecule has 144 valence electrons. The minimum Gasteiger partial charge on any atom is -0.465 e. The third-order valence-corrected chi connectivity index (χ3v) is 3.18. The zero-order valence-electron chi connectivity index (χ0n) is 15.0. The molecule has 4 N–H and O–H groups in total. The van der Waals surface area contributed by atoms with Gasteiger partial charge in [-0.3, -0.25) is 29.0 Å². The van der Waals surface area contributed by atoms with E-state index in [4.69, 9.17) is 20.9 Å². The molecule has 0 aliphatic heterocycles. The maximum Gasteiger partial charge on any atom is 0.320 e. The molecule has 0 aliphatic rings. The predicted molar refractivity (Wildman–Crippen MR) is 89.1 cm³/mol. The Balaban J connectivity index is 4.97. The monoisotopic (exact) mass is 360 g/mol. The van der Waals surface area contributed by atoms with Crippen LogP contribution < -0.4 is 11.5 Å². The van der Waals surface area contributed by atoms with Crippen molar-refractivity contribution in [1.82, 2.24) is 9.80 Å². The molecule has 0 aromatic carbocycles. The fourth-order valence-electron chi connectivity index (χ4n) is 2.22. The van der Waals surface area contributed by atoms with Crippen LogP contribution in [0.5, 0.6) is 0 Å². The van der Waals surface area contributed by atoms with E-state index in [0.29, 0.717) is 0 Å². The van der Waals surface area contributed by atoms with Crippen molar-refractivity contribution in [3.63, 3.8) is 0 Å². The molecular weight excluding hydrogens is 332 g/mol. The standard InChI is InChI=1S/C15H28N4O6/c1-4-24-14(22)9-18(7-12(16)20)6-11(3)19(8-13(17)21)10-15(23)25-5-2/h11H,4-10H2,1-3H3,(H2,16,20)(H2,17,21)/t11-/m0/s1. The second-order valence-corrected chi connectivity index (χ2v) is 5.47. The zero-order valence-corrected chi connectivity index (χ0v) is 15.0. The first kappa shape index (κ1) is 22.8. The van der Waals surface area contributed by atoms with Crippen molar-refractivity contribution >= 4 is 23.8 Å². The lowest BCUT2D eigenvalue weighted by Gasteiger charge is -2.31. The summed E-state index contributed by atoms with van der Waals surface area (Å²) in [6, 6.07) is -0.370. The molecule has 2 amide bonds. The van der Waals surface area contributed by atoms with Crippen LogP contribution in [0.3, 0.4) is 0 Å². The number of amides is 2. The summed E-state index contributed by atoms with van der Waals surface area (Å²) < 4.78 is 9.74. The number of nitrogens with zero attached hydrogens (tertiary/aromatic N) is 2. The second-order valence-electron chi connectivity index (χ2n) is 5.47. The largest absolute Gasteiger partial charge is 0.465 e. The van der Waals surface area contributed by atoms with Crippen molar-refractivity contribution in [2.75, 3.05) is 45.9 Å². The van der Waals surface area contributed by atoms with Crippen LogP contribution in [0.25, 0.3) is 0 Å². The molecule has 0 unspecified atom stereocenters. The van der Waals surface area contributed by atoms with Crippen molar-refractivity contribution in [2.24, 2.45) is 11.5 Å². The van der Waals surface area contributed by atoms with Gasteiger partial charge in [0.2, 0.25) is 11.8 Å². The SMILES string of the molecule is CCOC(=O)CN(CC(N)=O)C[C@H](C)N(CC(N)=O)CC(=O)OCC. The van der Waals surface area contributed by atoms with E-state index in [0.717, 1.165) is 0 Å². The Morgan fingerprint density at radius 3 is 1.76 bits per heavy atom. The molecule has 0 saturated carbocycles. The Morgan fingerprint density at radius 1 is 0.840 bits per heavy atom. The maximum atomic E-state index is 11.7. The third-order valence-electron chi connectivity index (χ3n) is 3.18. The summed E-state index contributed by atoms with van der Waals surface area (Å²) in [5.41, 5.74) is 10.4. The van der Waals surface area contributed by atoms with Gasteiger partial charge in [0.1, 0.15) is 0 Å². The molecule has 10 nitrogen and oxygen atoms in total. The fourth-order valence-corrected chi connectivity index (χ4v) is 2.22. The quantitative estimate of drug-likeness (QED) is 0.361. The van der Waals surface area contributed by atoms with Crippen molar-refractivity contribution in [2.45, 2.75) is 26.8 Å². The van der Waals surface area contributed by atoms with E-state index in [1.165, 1.54) is 9.80 Å². The van der Waals surface area contributed by atoms with Crippen LogP contribution in [0.1, 0.15) is 20.8 Å². The van der Waals surface area contributed by atoms with Gasteiger partial charge in [0, 0.05) is 12.6 Å². The van der Waals surface area contributed by atoms with Gasteiger partial charge in [-0.25, -0.2) is 0 Å². The number of esters is 2. The molecule has 0 aromatic rings. The van der Waals surface area contributed by atoms with Gasteiger partial charge in [0.05, 0.1) is 39.4 Å². The summed E-state index contributed by atoms with van der Waals surface area (Å²) >= 11 is 0. The van der Waals surface area contributed by atoms with Crippen LogP contribution in [-0.4, -0.2) is 85.5 Å². The smallest absolute Gasteiger partial charge is 0.320 e. The van der Waals surface area contributed by atoms with Crippen molar-refractivity contribution in [3.05, 3.63) is 0 Å². The normalized spacial score (nSPS) is 12.0. The Labute approximate surface area is 147 Å². The molecule has 25 heavy (non-hydrogen) atoms. The minimum atomic E-state index is -0.608. The van der Waals surface area contributed by atoms with E-state index in [2.05, 4.69) is 0 Å². The van der Waals surface area contributed by atoms with Crippen LogP contribution in [0.2, 0.25) is 0 Å². The number of rotatable bonds is 13. The number of nitrogens with two attached hydrogens (primary N) is 2. The van der Waals surface area contributed by atoms with Gasteiger partial charge in [-0.15, -0.1) is 0 Å². The number of hydrogen-bond acceptors (Lipinski definition) is 8. The first-order valence-corrected chi connectivity index (χ1v) is 8.03. The lowest BCUT2D eigenvalue weighted by molar-refractivity contribution is -0.147. The predicted octanol–water partition coefficient (Wildman–Crippen LogP) is -1.92. The number of carbonyl (C=O) groups is 4. The van der Waals surface area contributed by atoms with Gasteiger partial charge < -0.3 is 20.9 Å². The molecule has 0 fully saturated rings. The van der Waals surface area contributed by atoms with E-state index >= 15 is 0 Å². The zero-order chi connectivity index (χ0) is 19.4. The highest BCUT2D eigenvalue weighted by Gasteiger charge is 2.24. The molecule has 0 aromatic heterocycles. The summed E-state index contributed by atoms with van der Waals surface area (Å²) in [6.45, 7) is 5.13. The molecule has 0 saturated heterocycles. The van der Waals surface area contributed by atoms with E-state index in [1.54, 1.807) is 20.8 Å². The summed E-state index contributed by atoms with van der Waals surface area (Å²) in [4.78, 5) is 48.8. The molecule has 0 bridgehead atoms. The minimum absolute atomic E-state index is 0.134. The highest BCUT2D eigenvalue weighted by Crippen LogP contribution is 2.04. The lowest BCUT2D eigenvalue weighted by atomic mass is 10.2. The number of carbonyl (C=O) groups excluding carboxylic acids is 4. The molecule has 10 heteroatoms. The summed E-state index contributed by atoms with van der Waals surface area (Å²) in [7, 11) is 0. The van der Waals surface area contributed by atoms with Gasteiger partial charge in [0.15, 0.2) is 0 Å². The van der Waals surface area contributed by atoms with Crippen LogP contribution >= 0.6 is 0 Å². The fraction of sp³-hybridized carbons (Fsp3) is 0.733. The molecule has 0 heterocycles. The third kappa shape index (κ3) is 11.1. The van der Waals surface area contributed by atoms with Crippen LogP contribution in [0.4, 0.5) is 0 Å². The molecule has 0 aliphatic carbocycles. The van der Waals surface area contributed by atoms with E-state index < -0.39 is 23.8 Å². The van der Waals surface area contributed by atoms with Gasteiger partial charge in [-0.2, -0.15) is 0 Å².